The number of alkyl halides is 3. The summed E-state index contributed by atoms with van der Waals surface area (Å²) in [5, 5.41) is 0. The van der Waals surface area contributed by atoms with Crippen LogP contribution in [0.2, 0.25) is 0 Å². The summed E-state index contributed by atoms with van der Waals surface area (Å²) in [6.45, 7) is 5.02. The number of benzene rings is 1. The molecule has 1 atom stereocenters. The molecule has 0 spiro atoms. The highest BCUT2D eigenvalue weighted by Crippen LogP contribution is 2.24. The van der Waals surface area contributed by atoms with Gasteiger partial charge in [-0.3, -0.25) is 4.99 Å². The summed E-state index contributed by atoms with van der Waals surface area (Å²) in [5.41, 5.74) is 16.6. The molecule has 0 fully saturated rings. The second-order valence-electron chi connectivity index (χ2n) is 6.99. The van der Waals surface area contributed by atoms with Gasteiger partial charge in [-0.1, -0.05) is 12.1 Å². The summed E-state index contributed by atoms with van der Waals surface area (Å²) in [7, 11) is 0. The first kappa shape index (κ1) is 22.3. The highest BCUT2D eigenvalue weighted by Gasteiger charge is 2.31. The van der Waals surface area contributed by atoms with E-state index in [4.69, 9.17) is 21.9 Å². The van der Waals surface area contributed by atoms with Crippen LogP contribution >= 0.6 is 0 Å². The molecular weight excluding hydrogens is 361 g/mol. The number of carbonyl (C=O) groups is 1. The van der Waals surface area contributed by atoms with Crippen LogP contribution in [0.4, 0.5) is 18.9 Å². The fraction of sp³-hybridized carbons (Fsp3) is 0.444. The van der Waals surface area contributed by atoms with Gasteiger partial charge in [0.1, 0.15) is 11.4 Å². The zero-order chi connectivity index (χ0) is 20.8. The minimum Gasteiger partial charge on any atom is -0.458 e. The van der Waals surface area contributed by atoms with Crippen molar-refractivity contribution in [2.75, 3.05) is 5.73 Å². The van der Waals surface area contributed by atoms with Gasteiger partial charge in [-0.2, -0.15) is 13.2 Å². The van der Waals surface area contributed by atoms with E-state index in [0.717, 1.165) is 6.20 Å². The van der Waals surface area contributed by atoms with E-state index in [9.17, 15) is 18.0 Å². The van der Waals surface area contributed by atoms with Crippen LogP contribution in [0.15, 0.2) is 41.0 Å². The number of nitrogens with zero attached hydrogens (tertiary/aromatic N) is 1. The third-order valence-electron chi connectivity index (χ3n) is 3.30. The molecule has 1 aromatic carbocycles. The number of anilines is 1. The molecule has 0 heterocycles. The van der Waals surface area contributed by atoms with E-state index < -0.39 is 41.6 Å². The Morgan fingerprint density at radius 3 is 2.22 bits per heavy atom. The number of nitrogen functional groups attached to an aromatic ring is 1. The topological polar surface area (TPSA) is 117 Å². The number of hydrogen-bond acceptors (Lipinski definition) is 5. The monoisotopic (exact) mass is 386 g/mol. The van der Waals surface area contributed by atoms with Gasteiger partial charge in [0.05, 0.1) is 6.42 Å². The van der Waals surface area contributed by atoms with Crippen molar-refractivity contribution in [2.24, 2.45) is 16.5 Å². The molecule has 0 bridgehead atoms. The lowest BCUT2D eigenvalue weighted by molar-refractivity contribution is -0.156. The first-order valence-corrected chi connectivity index (χ1v) is 8.19. The zero-order valence-electron chi connectivity index (χ0n) is 15.5. The zero-order valence-corrected chi connectivity index (χ0v) is 15.5. The van der Waals surface area contributed by atoms with E-state index in [2.05, 4.69) is 4.99 Å². The minimum absolute atomic E-state index is 0.0831. The number of nitrogens with two attached hydrogens (primary N) is 3. The average Bonchev–Trinajstić information content (AvgIpc) is 2.51. The molecule has 1 rings (SSSR count). The van der Waals surface area contributed by atoms with E-state index in [-0.39, 0.29) is 6.42 Å². The van der Waals surface area contributed by atoms with E-state index in [1.165, 1.54) is 0 Å². The van der Waals surface area contributed by atoms with Gasteiger partial charge in [-0.25, -0.2) is 4.79 Å². The summed E-state index contributed by atoms with van der Waals surface area (Å²) >= 11 is 0. The SMILES string of the molecule is CC(C)(C)OC(=O)[C@H](Cc1ccc(N)cc1)N=C(N)/C(=C\N)CC(F)(F)F. The van der Waals surface area contributed by atoms with Crippen LogP contribution in [0.1, 0.15) is 32.8 Å². The maximum Gasteiger partial charge on any atom is 0.393 e. The molecule has 0 saturated carbocycles. The normalized spacial score (nSPS) is 14.7. The first-order valence-electron chi connectivity index (χ1n) is 8.19. The van der Waals surface area contributed by atoms with Crippen molar-refractivity contribution in [1.29, 1.82) is 0 Å². The highest BCUT2D eigenvalue weighted by atomic mass is 19.4. The van der Waals surface area contributed by atoms with Gasteiger partial charge in [0.25, 0.3) is 0 Å². The summed E-state index contributed by atoms with van der Waals surface area (Å²) in [6.07, 6.45) is -5.03. The molecule has 150 valence electrons. The quantitative estimate of drug-likeness (QED) is 0.301. The Balaban J connectivity index is 3.15. The molecule has 0 aliphatic carbocycles. The van der Waals surface area contributed by atoms with E-state index >= 15 is 0 Å². The molecule has 6 nitrogen and oxygen atoms in total. The van der Waals surface area contributed by atoms with Crippen LogP contribution in [-0.4, -0.2) is 29.6 Å². The molecule has 0 saturated heterocycles. The third kappa shape index (κ3) is 8.48. The lowest BCUT2D eigenvalue weighted by atomic mass is 10.0. The van der Waals surface area contributed by atoms with Crippen LogP contribution in [0, 0.1) is 0 Å². The van der Waals surface area contributed by atoms with Crippen molar-refractivity contribution in [3.8, 4) is 0 Å². The van der Waals surface area contributed by atoms with Crippen molar-refractivity contribution < 1.29 is 22.7 Å². The number of amidine groups is 1. The van der Waals surface area contributed by atoms with Gasteiger partial charge >= 0.3 is 12.1 Å². The number of halogens is 3. The maximum atomic E-state index is 12.6. The molecule has 9 heteroatoms. The lowest BCUT2D eigenvalue weighted by Crippen LogP contribution is -2.34. The Kier molecular flexibility index (Phi) is 7.27. The van der Waals surface area contributed by atoms with Crippen molar-refractivity contribution in [1.82, 2.24) is 0 Å². The van der Waals surface area contributed by atoms with Crippen molar-refractivity contribution in [3.05, 3.63) is 41.6 Å². The maximum absolute atomic E-state index is 12.6. The summed E-state index contributed by atoms with van der Waals surface area (Å²) < 4.78 is 43.2. The number of rotatable bonds is 6. The van der Waals surface area contributed by atoms with Gasteiger partial charge in [-0.15, -0.1) is 0 Å². The number of aliphatic imine (C=N–C) groups is 1. The smallest absolute Gasteiger partial charge is 0.393 e. The predicted octanol–water partition coefficient (Wildman–Crippen LogP) is 2.67. The van der Waals surface area contributed by atoms with Gasteiger partial charge in [0.15, 0.2) is 6.04 Å². The van der Waals surface area contributed by atoms with Gasteiger partial charge in [0, 0.05) is 23.9 Å². The van der Waals surface area contributed by atoms with Crippen LogP contribution in [0.25, 0.3) is 0 Å². The molecule has 6 N–H and O–H groups in total. The molecular formula is C18H25F3N4O2. The van der Waals surface area contributed by atoms with Gasteiger partial charge < -0.3 is 21.9 Å². The van der Waals surface area contributed by atoms with Crippen molar-refractivity contribution >= 4 is 17.5 Å². The van der Waals surface area contributed by atoms with Crippen LogP contribution < -0.4 is 17.2 Å². The second-order valence-corrected chi connectivity index (χ2v) is 6.99. The Labute approximate surface area is 156 Å². The van der Waals surface area contributed by atoms with E-state index in [1.54, 1.807) is 45.0 Å². The molecule has 0 aliphatic heterocycles. The third-order valence-corrected chi connectivity index (χ3v) is 3.30. The molecule has 0 aliphatic rings. The number of esters is 1. The number of carbonyl (C=O) groups excluding carboxylic acids is 1. The average molecular weight is 386 g/mol. The molecule has 0 aromatic heterocycles. The Morgan fingerprint density at radius 2 is 1.78 bits per heavy atom. The van der Waals surface area contributed by atoms with Gasteiger partial charge in [-0.05, 0) is 38.5 Å². The van der Waals surface area contributed by atoms with E-state index in [0.29, 0.717) is 11.3 Å². The fourth-order valence-electron chi connectivity index (χ4n) is 2.13. The fourth-order valence-corrected chi connectivity index (χ4v) is 2.13. The first-order chi connectivity index (χ1) is 12.3. The Hall–Kier alpha value is -2.71. The van der Waals surface area contributed by atoms with E-state index in [1.807, 2.05) is 0 Å². The highest BCUT2D eigenvalue weighted by molar-refractivity contribution is 5.98. The molecule has 0 amide bonds. The molecule has 1 aromatic rings. The standard InChI is InChI=1S/C18H25F3N4O2/c1-17(2,3)27-16(26)14(8-11-4-6-13(23)7-5-11)25-15(24)12(10-22)9-18(19,20)21/h4-7,10,14H,8-9,22-23H2,1-3H3,(H2,24,25)/b12-10-/t14-/m0/s1. The largest absolute Gasteiger partial charge is 0.458 e. The van der Waals surface area contributed by atoms with Crippen molar-refractivity contribution in [2.45, 2.75) is 51.4 Å². The second kappa shape index (κ2) is 8.79. The van der Waals surface area contributed by atoms with Crippen molar-refractivity contribution in [3.63, 3.8) is 0 Å². The number of hydrogen-bond donors (Lipinski definition) is 3. The minimum atomic E-state index is -4.51. The van der Waals surface area contributed by atoms with Gasteiger partial charge in [0.2, 0.25) is 0 Å². The van der Waals surface area contributed by atoms with Crippen LogP contribution in [0.5, 0.6) is 0 Å². The summed E-state index contributed by atoms with van der Waals surface area (Å²) in [6, 6.07) is 5.53. The number of ether oxygens (including phenoxy) is 1. The Morgan fingerprint density at radius 1 is 1.22 bits per heavy atom. The molecule has 0 radical (unpaired) electrons. The molecule has 0 unspecified atom stereocenters. The summed E-state index contributed by atoms with van der Waals surface area (Å²) in [4.78, 5) is 16.5. The van der Waals surface area contributed by atoms with Crippen LogP contribution in [0.3, 0.4) is 0 Å². The summed E-state index contributed by atoms with van der Waals surface area (Å²) in [5.74, 6) is -1.16. The van der Waals surface area contributed by atoms with Crippen LogP contribution in [-0.2, 0) is 16.0 Å². The molecule has 27 heavy (non-hydrogen) atoms. The predicted molar refractivity (Wildman–Crippen MR) is 98.8 cm³/mol. The lowest BCUT2D eigenvalue weighted by Gasteiger charge is -2.23. The Bertz CT molecular complexity index is 705.